The lowest BCUT2D eigenvalue weighted by Gasteiger charge is -2.37. The number of ether oxygens (including phenoxy) is 1. The molecule has 0 fully saturated rings. The highest BCUT2D eigenvalue weighted by Crippen LogP contribution is 2.41. The van der Waals surface area contributed by atoms with Crippen LogP contribution < -0.4 is 0 Å². The largest absolute Gasteiger partial charge is 0.431 e. The van der Waals surface area contributed by atoms with Gasteiger partial charge in [-0.2, -0.15) is 0 Å². The second-order valence-electron chi connectivity index (χ2n) is 4.45. The molecule has 0 aromatic rings. The van der Waals surface area contributed by atoms with Crippen LogP contribution in [0.15, 0.2) is 24.0 Å². The smallest absolute Gasteiger partial charge is 0.307 e. The van der Waals surface area contributed by atoms with Gasteiger partial charge in [-0.25, -0.2) is 0 Å². The molecule has 90 valence electrons. The average molecular weight is 224 g/mol. The first-order chi connectivity index (χ1) is 7.50. The number of hydrogen-bond acceptors (Lipinski definition) is 3. The highest BCUT2D eigenvalue weighted by molar-refractivity contribution is 5.67. The molecule has 0 saturated heterocycles. The van der Waals surface area contributed by atoms with Crippen molar-refractivity contribution in [3.63, 3.8) is 0 Å². The summed E-state index contributed by atoms with van der Waals surface area (Å²) in [5.41, 5.74) is -0.476. The van der Waals surface area contributed by atoms with Crippen LogP contribution >= 0.6 is 0 Å². The van der Waals surface area contributed by atoms with Crippen LogP contribution in [0, 0.1) is 5.41 Å². The molecule has 0 aliphatic heterocycles. The van der Waals surface area contributed by atoms with E-state index in [1.807, 2.05) is 32.1 Å². The predicted molar refractivity (Wildman–Crippen MR) is 62.6 cm³/mol. The minimum Gasteiger partial charge on any atom is -0.431 e. The molecule has 0 aromatic carbocycles. The Morgan fingerprint density at radius 3 is 3.00 bits per heavy atom. The van der Waals surface area contributed by atoms with E-state index in [1.54, 1.807) is 0 Å². The Hall–Kier alpha value is -1.09. The predicted octanol–water partition coefficient (Wildman–Crippen LogP) is 2.56. The van der Waals surface area contributed by atoms with Crippen LogP contribution in [0.5, 0.6) is 0 Å². The van der Waals surface area contributed by atoms with Crippen LogP contribution in [0.1, 0.15) is 40.0 Å². The van der Waals surface area contributed by atoms with Crippen LogP contribution in [0.2, 0.25) is 0 Å². The summed E-state index contributed by atoms with van der Waals surface area (Å²) in [5.74, 6) is 0.281. The van der Waals surface area contributed by atoms with E-state index in [1.165, 1.54) is 6.92 Å². The fourth-order valence-electron chi connectivity index (χ4n) is 2.00. The molecule has 0 aromatic heterocycles. The molecule has 0 saturated carbocycles. The van der Waals surface area contributed by atoms with Gasteiger partial charge < -0.3 is 9.84 Å². The van der Waals surface area contributed by atoms with Gasteiger partial charge in [0.15, 0.2) is 0 Å². The van der Waals surface area contributed by atoms with Crippen molar-refractivity contribution in [3.8, 4) is 0 Å². The van der Waals surface area contributed by atoms with E-state index < -0.39 is 11.5 Å². The standard InChI is InChI=1S/C13H20O3/c1-4-5-9-13(3)11(15)7-6-8-12(13)16-10(2)14/h4-5,8,11,15H,6-7,9H2,1-3H3/b5-4+. The second kappa shape index (κ2) is 5.30. The number of aliphatic hydroxyl groups is 1. The van der Waals surface area contributed by atoms with Crippen molar-refractivity contribution >= 4 is 5.97 Å². The topological polar surface area (TPSA) is 46.5 Å². The molecule has 2 atom stereocenters. The first-order valence-corrected chi connectivity index (χ1v) is 5.69. The Kier molecular flexibility index (Phi) is 4.30. The van der Waals surface area contributed by atoms with Crippen molar-refractivity contribution in [2.45, 2.75) is 46.1 Å². The van der Waals surface area contributed by atoms with Crippen molar-refractivity contribution < 1.29 is 14.6 Å². The van der Waals surface area contributed by atoms with Gasteiger partial charge in [-0.1, -0.05) is 12.2 Å². The molecule has 2 unspecified atom stereocenters. The zero-order valence-electron chi connectivity index (χ0n) is 10.2. The highest BCUT2D eigenvalue weighted by atomic mass is 16.5. The molecule has 16 heavy (non-hydrogen) atoms. The van der Waals surface area contributed by atoms with Crippen molar-refractivity contribution in [3.05, 3.63) is 24.0 Å². The summed E-state index contributed by atoms with van der Waals surface area (Å²) in [5, 5.41) is 10.1. The lowest BCUT2D eigenvalue weighted by atomic mass is 9.74. The summed E-state index contributed by atoms with van der Waals surface area (Å²) < 4.78 is 5.20. The van der Waals surface area contributed by atoms with Crippen LogP contribution in [-0.2, 0) is 9.53 Å². The molecule has 1 aliphatic carbocycles. The third-order valence-corrected chi connectivity index (χ3v) is 3.10. The first kappa shape index (κ1) is 13.0. The zero-order chi connectivity index (χ0) is 12.2. The Bertz CT molecular complexity index is 317. The quantitative estimate of drug-likeness (QED) is 0.592. The molecule has 1 aliphatic rings. The highest BCUT2D eigenvalue weighted by Gasteiger charge is 2.39. The van der Waals surface area contributed by atoms with Crippen molar-refractivity contribution in [1.29, 1.82) is 0 Å². The fourth-order valence-corrected chi connectivity index (χ4v) is 2.00. The minimum atomic E-state index is -0.476. The average Bonchev–Trinajstić information content (AvgIpc) is 2.22. The number of esters is 1. The SMILES string of the molecule is C/C=C/CC1(C)C(OC(C)=O)=CCCC1O. The summed E-state index contributed by atoms with van der Waals surface area (Å²) in [4.78, 5) is 11.0. The van der Waals surface area contributed by atoms with E-state index in [0.717, 1.165) is 12.8 Å². The van der Waals surface area contributed by atoms with Crippen molar-refractivity contribution in [2.75, 3.05) is 0 Å². The summed E-state index contributed by atoms with van der Waals surface area (Å²) in [6.07, 6.45) is 7.56. The van der Waals surface area contributed by atoms with Crippen LogP contribution in [-0.4, -0.2) is 17.2 Å². The third kappa shape index (κ3) is 2.73. The van der Waals surface area contributed by atoms with Gasteiger partial charge in [-0.05, 0) is 39.2 Å². The molecule has 1 rings (SSSR count). The third-order valence-electron chi connectivity index (χ3n) is 3.10. The van der Waals surface area contributed by atoms with E-state index in [0.29, 0.717) is 12.2 Å². The summed E-state index contributed by atoms with van der Waals surface area (Å²) in [7, 11) is 0. The Balaban J connectivity index is 2.92. The number of rotatable bonds is 3. The number of allylic oxidation sites excluding steroid dienone is 3. The maximum Gasteiger partial charge on any atom is 0.307 e. The molecule has 3 heteroatoms. The molecular weight excluding hydrogens is 204 g/mol. The molecule has 0 radical (unpaired) electrons. The van der Waals surface area contributed by atoms with Gasteiger partial charge in [-0.3, -0.25) is 4.79 Å². The molecule has 3 nitrogen and oxygen atoms in total. The number of carbonyl (C=O) groups excluding carboxylic acids is 1. The second-order valence-corrected chi connectivity index (χ2v) is 4.45. The Labute approximate surface area is 96.8 Å². The van der Waals surface area contributed by atoms with E-state index >= 15 is 0 Å². The summed E-state index contributed by atoms with van der Waals surface area (Å²) in [6.45, 7) is 5.26. The van der Waals surface area contributed by atoms with Crippen LogP contribution in [0.3, 0.4) is 0 Å². The fraction of sp³-hybridized carbons (Fsp3) is 0.615. The van der Waals surface area contributed by atoms with Gasteiger partial charge in [0.25, 0.3) is 0 Å². The molecule has 0 amide bonds. The number of carbonyl (C=O) groups is 1. The van der Waals surface area contributed by atoms with E-state index in [4.69, 9.17) is 4.74 Å². The lowest BCUT2D eigenvalue weighted by molar-refractivity contribution is -0.140. The normalized spacial score (nSPS) is 30.2. The van der Waals surface area contributed by atoms with Gasteiger partial charge in [-0.15, -0.1) is 0 Å². The van der Waals surface area contributed by atoms with Gasteiger partial charge in [0.1, 0.15) is 5.76 Å². The maximum atomic E-state index is 11.0. The monoisotopic (exact) mass is 224 g/mol. The number of aliphatic hydroxyl groups excluding tert-OH is 1. The molecule has 0 bridgehead atoms. The molecule has 1 N–H and O–H groups in total. The Morgan fingerprint density at radius 2 is 2.44 bits per heavy atom. The summed E-state index contributed by atoms with van der Waals surface area (Å²) >= 11 is 0. The summed E-state index contributed by atoms with van der Waals surface area (Å²) in [6, 6.07) is 0. The minimum absolute atomic E-state index is 0.327. The van der Waals surface area contributed by atoms with Crippen molar-refractivity contribution in [2.24, 2.45) is 5.41 Å². The zero-order valence-corrected chi connectivity index (χ0v) is 10.2. The Morgan fingerprint density at radius 1 is 1.75 bits per heavy atom. The van der Waals surface area contributed by atoms with Crippen molar-refractivity contribution in [1.82, 2.24) is 0 Å². The van der Waals surface area contributed by atoms with Gasteiger partial charge in [0.2, 0.25) is 0 Å². The van der Waals surface area contributed by atoms with Gasteiger partial charge >= 0.3 is 5.97 Å². The van der Waals surface area contributed by atoms with E-state index in [2.05, 4.69) is 0 Å². The van der Waals surface area contributed by atoms with Gasteiger partial charge in [0, 0.05) is 6.92 Å². The van der Waals surface area contributed by atoms with Crippen LogP contribution in [0.25, 0.3) is 0 Å². The van der Waals surface area contributed by atoms with E-state index in [9.17, 15) is 9.90 Å². The molecule has 0 spiro atoms. The first-order valence-electron chi connectivity index (χ1n) is 5.69. The maximum absolute atomic E-state index is 11.0. The lowest BCUT2D eigenvalue weighted by Crippen LogP contribution is -2.37. The van der Waals surface area contributed by atoms with Crippen LogP contribution in [0.4, 0.5) is 0 Å². The van der Waals surface area contributed by atoms with E-state index in [-0.39, 0.29) is 5.97 Å². The molecule has 0 heterocycles. The molecular formula is C13H20O3. The van der Waals surface area contributed by atoms with Gasteiger partial charge in [0.05, 0.1) is 11.5 Å². The number of hydrogen-bond donors (Lipinski definition) is 1.